The van der Waals surface area contributed by atoms with E-state index >= 15 is 0 Å². The molecule has 1 aliphatic carbocycles. The fourth-order valence-corrected chi connectivity index (χ4v) is 3.42. The number of para-hydroxylation sites is 1. The Morgan fingerprint density at radius 2 is 2.11 bits per heavy atom. The molecule has 1 aromatic heterocycles. The second-order valence-corrected chi connectivity index (χ2v) is 5.55. The molecule has 4 rings (SSSR count). The van der Waals surface area contributed by atoms with Crippen molar-refractivity contribution < 1.29 is 9.90 Å². The van der Waals surface area contributed by atoms with Crippen molar-refractivity contribution in [2.45, 2.75) is 25.5 Å². The van der Waals surface area contributed by atoms with Gasteiger partial charge in [0.25, 0.3) is 0 Å². The second kappa shape index (κ2) is 3.81. The molecule has 2 aromatic rings. The van der Waals surface area contributed by atoms with E-state index in [1.165, 1.54) is 5.57 Å². The smallest absolute Gasteiger partial charge is 0.156 e. The van der Waals surface area contributed by atoms with E-state index in [0.29, 0.717) is 12.8 Å². The minimum atomic E-state index is -0.478. The molecule has 2 atom stereocenters. The molecule has 3 nitrogen and oxygen atoms in total. The molecular formula is C16H15NO2. The van der Waals surface area contributed by atoms with Crippen LogP contribution in [-0.2, 0) is 11.3 Å². The maximum Gasteiger partial charge on any atom is 0.156 e. The summed E-state index contributed by atoms with van der Waals surface area (Å²) >= 11 is 0. The number of fused-ring (bicyclic) bond motifs is 4. The highest BCUT2D eigenvalue weighted by molar-refractivity contribution is 5.93. The SMILES string of the molecule is O=C1C=C2Cn3c(cc4ccccc43)[C@@H](O)C[C@@H]2C1. The van der Waals surface area contributed by atoms with Gasteiger partial charge in [0.15, 0.2) is 5.78 Å². The lowest BCUT2D eigenvalue weighted by Gasteiger charge is -2.12. The van der Waals surface area contributed by atoms with Gasteiger partial charge in [0.05, 0.1) is 6.10 Å². The van der Waals surface area contributed by atoms with Crippen LogP contribution in [0.4, 0.5) is 0 Å². The van der Waals surface area contributed by atoms with Gasteiger partial charge in [-0.3, -0.25) is 4.79 Å². The zero-order valence-electron chi connectivity index (χ0n) is 10.5. The van der Waals surface area contributed by atoms with Crippen LogP contribution in [0.5, 0.6) is 0 Å². The van der Waals surface area contributed by atoms with Crippen LogP contribution >= 0.6 is 0 Å². The van der Waals surface area contributed by atoms with Crippen LogP contribution in [0.3, 0.4) is 0 Å². The Morgan fingerprint density at radius 1 is 1.26 bits per heavy atom. The number of rotatable bonds is 0. The van der Waals surface area contributed by atoms with E-state index in [1.807, 2.05) is 12.1 Å². The molecule has 3 heteroatoms. The minimum absolute atomic E-state index is 0.201. The van der Waals surface area contributed by atoms with Crippen LogP contribution in [0.25, 0.3) is 10.9 Å². The average molecular weight is 253 g/mol. The van der Waals surface area contributed by atoms with E-state index in [-0.39, 0.29) is 11.7 Å². The van der Waals surface area contributed by atoms with Gasteiger partial charge in [-0.05, 0) is 41.5 Å². The van der Waals surface area contributed by atoms with Gasteiger partial charge in [0.1, 0.15) is 0 Å². The predicted molar refractivity (Wildman–Crippen MR) is 72.7 cm³/mol. The third-order valence-corrected chi connectivity index (χ3v) is 4.35. The van der Waals surface area contributed by atoms with Crippen molar-refractivity contribution in [3.8, 4) is 0 Å². The number of carbonyl (C=O) groups excluding carboxylic acids is 1. The Bertz CT molecular complexity index is 711. The zero-order valence-corrected chi connectivity index (χ0v) is 10.5. The summed E-state index contributed by atoms with van der Waals surface area (Å²) in [6.45, 7) is 0.732. The third-order valence-electron chi connectivity index (χ3n) is 4.35. The first-order chi connectivity index (χ1) is 9.22. The summed E-state index contributed by atoms with van der Waals surface area (Å²) in [4.78, 5) is 11.6. The summed E-state index contributed by atoms with van der Waals surface area (Å²) in [7, 11) is 0. The van der Waals surface area contributed by atoms with Gasteiger partial charge in [-0.25, -0.2) is 0 Å². The van der Waals surface area contributed by atoms with E-state index in [0.717, 1.165) is 23.1 Å². The second-order valence-electron chi connectivity index (χ2n) is 5.55. The number of ketones is 1. The van der Waals surface area contributed by atoms with Gasteiger partial charge in [0, 0.05) is 24.2 Å². The lowest BCUT2D eigenvalue weighted by molar-refractivity contribution is -0.114. The number of aliphatic hydroxyl groups excluding tert-OH is 1. The lowest BCUT2D eigenvalue weighted by Crippen LogP contribution is -2.05. The molecule has 19 heavy (non-hydrogen) atoms. The Morgan fingerprint density at radius 3 is 3.00 bits per heavy atom. The molecule has 0 radical (unpaired) electrons. The third kappa shape index (κ3) is 1.58. The lowest BCUT2D eigenvalue weighted by atomic mass is 9.95. The number of benzene rings is 1. The quantitative estimate of drug-likeness (QED) is 0.784. The Labute approximate surface area is 111 Å². The monoisotopic (exact) mass is 253 g/mol. The molecule has 0 amide bonds. The molecule has 0 bridgehead atoms. The van der Waals surface area contributed by atoms with Gasteiger partial charge in [0.2, 0.25) is 0 Å². The number of nitrogens with zero attached hydrogens (tertiary/aromatic N) is 1. The number of hydrogen-bond donors (Lipinski definition) is 1. The number of allylic oxidation sites excluding steroid dienone is 2. The molecule has 2 heterocycles. The van der Waals surface area contributed by atoms with Crippen molar-refractivity contribution >= 4 is 16.7 Å². The molecule has 0 spiro atoms. The maximum atomic E-state index is 11.6. The predicted octanol–water partition coefficient (Wildman–Crippen LogP) is 2.59. The molecular weight excluding hydrogens is 238 g/mol. The van der Waals surface area contributed by atoms with Crippen LogP contribution in [0.15, 0.2) is 42.0 Å². The van der Waals surface area contributed by atoms with Crippen LogP contribution in [0.1, 0.15) is 24.6 Å². The molecule has 2 aliphatic rings. The fraction of sp³-hybridized carbons (Fsp3) is 0.312. The van der Waals surface area contributed by atoms with Crippen LogP contribution in [0, 0.1) is 5.92 Å². The van der Waals surface area contributed by atoms with E-state index < -0.39 is 6.10 Å². The fourth-order valence-electron chi connectivity index (χ4n) is 3.42. The van der Waals surface area contributed by atoms with E-state index in [2.05, 4.69) is 22.8 Å². The van der Waals surface area contributed by atoms with Crippen molar-refractivity contribution in [3.63, 3.8) is 0 Å². The first-order valence-electron chi connectivity index (χ1n) is 6.72. The summed E-state index contributed by atoms with van der Waals surface area (Å²) in [6.07, 6.45) is 2.53. The summed E-state index contributed by atoms with van der Waals surface area (Å²) in [5.41, 5.74) is 3.28. The first kappa shape index (κ1) is 11.0. The maximum absolute atomic E-state index is 11.6. The number of aromatic nitrogens is 1. The van der Waals surface area contributed by atoms with E-state index in [1.54, 1.807) is 6.08 Å². The summed E-state index contributed by atoms with van der Waals surface area (Å²) in [6, 6.07) is 10.2. The van der Waals surface area contributed by atoms with Gasteiger partial charge in [-0.15, -0.1) is 0 Å². The summed E-state index contributed by atoms with van der Waals surface area (Å²) in [5, 5.41) is 11.6. The van der Waals surface area contributed by atoms with Crippen molar-refractivity contribution in [3.05, 3.63) is 47.7 Å². The standard InChI is InChI=1S/C16H15NO2/c18-13-5-11-8-16(19)15-7-10-3-1-2-4-14(10)17(15)9-12(11)6-13/h1-4,6-7,11,16,19H,5,8-9H2/t11-,16-/m0/s1. The molecule has 0 saturated heterocycles. The van der Waals surface area contributed by atoms with E-state index in [4.69, 9.17) is 0 Å². The topological polar surface area (TPSA) is 42.2 Å². The number of hydrogen-bond acceptors (Lipinski definition) is 2. The minimum Gasteiger partial charge on any atom is -0.387 e. The van der Waals surface area contributed by atoms with Gasteiger partial charge >= 0.3 is 0 Å². The number of aliphatic hydroxyl groups is 1. The molecule has 96 valence electrons. The van der Waals surface area contributed by atoms with Crippen LogP contribution in [-0.4, -0.2) is 15.5 Å². The summed E-state index contributed by atoms with van der Waals surface area (Å²) in [5.74, 6) is 0.424. The molecule has 1 aliphatic heterocycles. The Kier molecular flexibility index (Phi) is 2.21. The largest absolute Gasteiger partial charge is 0.387 e. The number of carbonyl (C=O) groups is 1. The first-order valence-corrected chi connectivity index (χ1v) is 6.72. The normalized spacial score (nSPS) is 25.9. The molecule has 1 N–H and O–H groups in total. The highest BCUT2D eigenvalue weighted by Crippen LogP contribution is 2.39. The molecule has 0 fully saturated rings. The van der Waals surface area contributed by atoms with Gasteiger partial charge in [-0.2, -0.15) is 0 Å². The molecule has 0 unspecified atom stereocenters. The highest BCUT2D eigenvalue weighted by Gasteiger charge is 2.32. The van der Waals surface area contributed by atoms with E-state index in [9.17, 15) is 9.90 Å². The highest BCUT2D eigenvalue weighted by atomic mass is 16.3. The Balaban J connectivity index is 1.92. The van der Waals surface area contributed by atoms with Crippen molar-refractivity contribution in [1.82, 2.24) is 4.57 Å². The zero-order chi connectivity index (χ0) is 13.0. The average Bonchev–Trinajstić information content (AvgIpc) is 2.89. The van der Waals surface area contributed by atoms with Crippen molar-refractivity contribution in [1.29, 1.82) is 0 Å². The van der Waals surface area contributed by atoms with Gasteiger partial charge in [-0.1, -0.05) is 18.2 Å². The molecule has 1 aromatic carbocycles. The van der Waals surface area contributed by atoms with Crippen LogP contribution in [0.2, 0.25) is 0 Å². The molecule has 0 saturated carbocycles. The summed E-state index contributed by atoms with van der Waals surface area (Å²) < 4.78 is 2.16. The van der Waals surface area contributed by atoms with Crippen molar-refractivity contribution in [2.75, 3.05) is 0 Å². The van der Waals surface area contributed by atoms with Crippen molar-refractivity contribution in [2.24, 2.45) is 5.92 Å². The van der Waals surface area contributed by atoms with Crippen LogP contribution < -0.4 is 0 Å². The van der Waals surface area contributed by atoms with Gasteiger partial charge < -0.3 is 9.67 Å². The Hall–Kier alpha value is -1.87.